The summed E-state index contributed by atoms with van der Waals surface area (Å²) >= 11 is 0. The normalized spacial score (nSPS) is 29.8. The molecule has 0 aliphatic carbocycles. The molecule has 1 unspecified atom stereocenters. The molecule has 0 aromatic heterocycles. The zero-order chi connectivity index (χ0) is 9.80. The fraction of sp³-hybridized carbons (Fsp3) is 0.727. The molecule has 1 saturated heterocycles. The third kappa shape index (κ3) is 2.42. The van der Waals surface area contributed by atoms with Crippen LogP contribution in [-0.4, -0.2) is 43.6 Å². The fourth-order valence-electron chi connectivity index (χ4n) is 1.94. The van der Waals surface area contributed by atoms with E-state index in [1.165, 1.54) is 5.57 Å². The van der Waals surface area contributed by atoms with Crippen LogP contribution >= 0.6 is 0 Å². The summed E-state index contributed by atoms with van der Waals surface area (Å²) in [5, 5.41) is 0. The standard InChI is InChI=1S/C11H18N2O/c1-10-3-2-4-11(12-9-10)13-5-7-14-8-6-13/h3,9,11H,2,4-8H2,1H3. The van der Waals surface area contributed by atoms with Crippen LogP contribution in [0, 0.1) is 0 Å². The van der Waals surface area contributed by atoms with E-state index >= 15 is 0 Å². The number of hydrogen-bond donors (Lipinski definition) is 0. The summed E-state index contributed by atoms with van der Waals surface area (Å²) in [5.74, 6) is 0. The van der Waals surface area contributed by atoms with Crippen LogP contribution in [0.15, 0.2) is 16.6 Å². The molecule has 3 nitrogen and oxygen atoms in total. The molecule has 1 fully saturated rings. The van der Waals surface area contributed by atoms with Gasteiger partial charge in [-0.3, -0.25) is 9.89 Å². The minimum atomic E-state index is 0.382. The molecule has 2 aliphatic heterocycles. The Balaban J connectivity index is 1.94. The lowest BCUT2D eigenvalue weighted by Gasteiger charge is -2.31. The minimum Gasteiger partial charge on any atom is -0.379 e. The first-order valence-electron chi connectivity index (χ1n) is 5.38. The zero-order valence-corrected chi connectivity index (χ0v) is 8.78. The van der Waals surface area contributed by atoms with Gasteiger partial charge in [0.1, 0.15) is 6.17 Å². The van der Waals surface area contributed by atoms with E-state index in [0.717, 1.165) is 39.1 Å². The number of ether oxygens (including phenoxy) is 1. The minimum absolute atomic E-state index is 0.382. The molecule has 14 heavy (non-hydrogen) atoms. The molecule has 78 valence electrons. The molecule has 2 aliphatic rings. The Morgan fingerprint density at radius 1 is 1.43 bits per heavy atom. The van der Waals surface area contributed by atoms with Crippen LogP contribution in [0.2, 0.25) is 0 Å². The maximum Gasteiger partial charge on any atom is 0.102 e. The Kier molecular flexibility index (Phi) is 3.32. The number of nitrogens with zero attached hydrogens (tertiary/aromatic N) is 2. The van der Waals surface area contributed by atoms with Gasteiger partial charge in [-0.25, -0.2) is 0 Å². The van der Waals surface area contributed by atoms with Gasteiger partial charge in [-0.2, -0.15) is 0 Å². The third-order valence-electron chi connectivity index (χ3n) is 2.81. The number of rotatable bonds is 1. The van der Waals surface area contributed by atoms with E-state index < -0.39 is 0 Å². The second-order valence-electron chi connectivity index (χ2n) is 3.93. The van der Waals surface area contributed by atoms with Crippen LogP contribution in [-0.2, 0) is 4.74 Å². The van der Waals surface area contributed by atoms with E-state index in [9.17, 15) is 0 Å². The van der Waals surface area contributed by atoms with E-state index in [-0.39, 0.29) is 0 Å². The first-order valence-corrected chi connectivity index (χ1v) is 5.38. The summed E-state index contributed by atoms with van der Waals surface area (Å²) in [6, 6.07) is 0. The Morgan fingerprint density at radius 3 is 3.00 bits per heavy atom. The Hall–Kier alpha value is -0.670. The SMILES string of the molecule is CC1=CCCC(N2CCOCC2)N=C1. The van der Waals surface area contributed by atoms with Crippen molar-refractivity contribution in [1.29, 1.82) is 0 Å². The highest BCUT2D eigenvalue weighted by Crippen LogP contribution is 2.14. The molecule has 1 atom stereocenters. The summed E-state index contributed by atoms with van der Waals surface area (Å²) in [4.78, 5) is 7.03. The Bertz CT molecular complexity index is 242. The lowest BCUT2D eigenvalue weighted by Crippen LogP contribution is -2.42. The van der Waals surface area contributed by atoms with E-state index in [1.54, 1.807) is 0 Å². The number of aliphatic imine (C=N–C) groups is 1. The molecule has 0 aromatic rings. The smallest absolute Gasteiger partial charge is 0.102 e. The first kappa shape index (κ1) is 9.87. The molecule has 2 rings (SSSR count). The van der Waals surface area contributed by atoms with Crippen LogP contribution in [0.1, 0.15) is 19.8 Å². The van der Waals surface area contributed by atoms with Gasteiger partial charge in [0.05, 0.1) is 13.2 Å². The maximum atomic E-state index is 5.34. The van der Waals surface area contributed by atoms with E-state index in [0.29, 0.717) is 6.17 Å². The van der Waals surface area contributed by atoms with E-state index in [4.69, 9.17) is 4.74 Å². The molecule has 0 amide bonds. The van der Waals surface area contributed by atoms with Crippen molar-refractivity contribution in [3.63, 3.8) is 0 Å². The molecule has 0 spiro atoms. The van der Waals surface area contributed by atoms with Crippen LogP contribution in [0.4, 0.5) is 0 Å². The van der Waals surface area contributed by atoms with Gasteiger partial charge < -0.3 is 4.74 Å². The summed E-state index contributed by atoms with van der Waals surface area (Å²) in [6.45, 7) is 5.89. The van der Waals surface area contributed by atoms with Crippen molar-refractivity contribution in [2.45, 2.75) is 25.9 Å². The molecule has 0 N–H and O–H groups in total. The Labute approximate surface area is 85.5 Å². The Morgan fingerprint density at radius 2 is 2.21 bits per heavy atom. The van der Waals surface area contributed by atoms with Crippen molar-refractivity contribution in [2.75, 3.05) is 26.3 Å². The highest BCUT2D eigenvalue weighted by molar-refractivity contribution is 5.77. The van der Waals surface area contributed by atoms with Gasteiger partial charge in [0.15, 0.2) is 0 Å². The van der Waals surface area contributed by atoms with Gasteiger partial charge in [0.2, 0.25) is 0 Å². The molecule has 0 aromatic carbocycles. The van der Waals surface area contributed by atoms with E-state index in [2.05, 4.69) is 22.9 Å². The first-order chi connectivity index (χ1) is 6.86. The van der Waals surface area contributed by atoms with Crippen LogP contribution < -0.4 is 0 Å². The topological polar surface area (TPSA) is 24.8 Å². The van der Waals surface area contributed by atoms with Crippen molar-refractivity contribution in [1.82, 2.24) is 4.90 Å². The molecule has 0 bridgehead atoms. The number of allylic oxidation sites excluding steroid dienone is 2. The predicted octanol–water partition coefficient (Wildman–Crippen LogP) is 1.46. The summed E-state index contributed by atoms with van der Waals surface area (Å²) in [6.07, 6.45) is 6.95. The van der Waals surface area contributed by atoms with Crippen molar-refractivity contribution < 1.29 is 4.74 Å². The molecular weight excluding hydrogens is 176 g/mol. The molecular formula is C11H18N2O. The molecule has 2 heterocycles. The maximum absolute atomic E-state index is 5.34. The second kappa shape index (κ2) is 4.71. The summed E-state index contributed by atoms with van der Waals surface area (Å²) < 4.78 is 5.34. The summed E-state index contributed by atoms with van der Waals surface area (Å²) in [5.41, 5.74) is 1.29. The quantitative estimate of drug-likeness (QED) is 0.631. The van der Waals surface area contributed by atoms with Crippen molar-refractivity contribution in [3.8, 4) is 0 Å². The van der Waals surface area contributed by atoms with Crippen molar-refractivity contribution in [2.24, 2.45) is 4.99 Å². The molecule has 3 heteroatoms. The lowest BCUT2D eigenvalue weighted by molar-refractivity contribution is 0.0171. The number of morpholine rings is 1. The van der Waals surface area contributed by atoms with E-state index in [1.807, 2.05) is 6.21 Å². The van der Waals surface area contributed by atoms with Crippen LogP contribution in [0.25, 0.3) is 0 Å². The lowest BCUT2D eigenvalue weighted by atomic mass is 10.2. The largest absolute Gasteiger partial charge is 0.379 e. The average molecular weight is 194 g/mol. The van der Waals surface area contributed by atoms with Gasteiger partial charge in [-0.05, 0) is 25.3 Å². The van der Waals surface area contributed by atoms with Crippen molar-refractivity contribution in [3.05, 3.63) is 11.6 Å². The van der Waals surface area contributed by atoms with Gasteiger partial charge in [0.25, 0.3) is 0 Å². The molecule has 0 radical (unpaired) electrons. The van der Waals surface area contributed by atoms with Gasteiger partial charge in [-0.1, -0.05) is 6.08 Å². The highest BCUT2D eigenvalue weighted by Gasteiger charge is 2.19. The van der Waals surface area contributed by atoms with Crippen LogP contribution in [0.5, 0.6) is 0 Å². The van der Waals surface area contributed by atoms with Gasteiger partial charge in [-0.15, -0.1) is 0 Å². The average Bonchev–Trinajstić information content (AvgIpc) is 2.44. The predicted molar refractivity (Wildman–Crippen MR) is 57.7 cm³/mol. The third-order valence-corrected chi connectivity index (χ3v) is 2.81. The fourth-order valence-corrected chi connectivity index (χ4v) is 1.94. The zero-order valence-electron chi connectivity index (χ0n) is 8.78. The monoisotopic (exact) mass is 194 g/mol. The molecule has 0 saturated carbocycles. The van der Waals surface area contributed by atoms with Gasteiger partial charge >= 0.3 is 0 Å². The second-order valence-corrected chi connectivity index (χ2v) is 3.93. The van der Waals surface area contributed by atoms with Crippen molar-refractivity contribution >= 4 is 6.21 Å². The summed E-state index contributed by atoms with van der Waals surface area (Å²) in [7, 11) is 0. The van der Waals surface area contributed by atoms with Gasteiger partial charge in [0, 0.05) is 19.3 Å². The van der Waals surface area contributed by atoms with Crippen LogP contribution in [0.3, 0.4) is 0 Å². The highest BCUT2D eigenvalue weighted by atomic mass is 16.5. The number of hydrogen-bond acceptors (Lipinski definition) is 3.